The highest BCUT2D eigenvalue weighted by Crippen LogP contribution is 2.29. The van der Waals surface area contributed by atoms with E-state index < -0.39 is 0 Å². The maximum Gasteiger partial charge on any atom is 0.275 e. The molecule has 2 rings (SSSR count). The Morgan fingerprint density at radius 2 is 2.46 bits per heavy atom. The zero-order valence-corrected chi connectivity index (χ0v) is 7.97. The Balaban J connectivity index is 2.01. The van der Waals surface area contributed by atoms with Gasteiger partial charge in [-0.05, 0) is 12.3 Å². The monoisotopic (exact) mass is 198 g/mol. The maximum atomic E-state index is 11.4. The minimum absolute atomic E-state index is 0.208. The second kappa shape index (κ2) is 2.95. The Kier molecular flexibility index (Phi) is 1.91. The first-order valence-electron chi connectivity index (χ1n) is 4.07. The highest BCUT2D eigenvalue weighted by atomic mass is 32.1. The van der Waals surface area contributed by atoms with Crippen LogP contribution in [0.1, 0.15) is 23.8 Å². The molecule has 0 spiro atoms. The van der Waals surface area contributed by atoms with E-state index in [1.165, 1.54) is 0 Å². The van der Waals surface area contributed by atoms with Gasteiger partial charge in [-0.1, -0.05) is 11.4 Å². The molecule has 0 radical (unpaired) electrons. The van der Waals surface area contributed by atoms with Crippen molar-refractivity contribution < 1.29 is 4.79 Å². The number of amides is 1. The van der Waals surface area contributed by atoms with Crippen LogP contribution in [0.25, 0.3) is 0 Å². The van der Waals surface area contributed by atoms with Crippen LogP contribution < -0.4 is 11.1 Å². The Labute approximate surface area is 79.5 Å². The first-order chi connectivity index (χ1) is 6.18. The number of carbonyl (C=O) groups is 1. The topological polar surface area (TPSA) is 80.9 Å². The predicted octanol–water partition coefficient (Wildman–Crippen LogP) is 0.259. The summed E-state index contributed by atoms with van der Waals surface area (Å²) in [5.41, 5.74) is 5.76. The van der Waals surface area contributed by atoms with E-state index in [9.17, 15) is 4.79 Å². The molecule has 1 heterocycles. The van der Waals surface area contributed by atoms with Crippen molar-refractivity contribution in [2.45, 2.75) is 19.4 Å². The van der Waals surface area contributed by atoms with Gasteiger partial charge in [-0.25, -0.2) is 0 Å². The van der Waals surface area contributed by atoms with Gasteiger partial charge >= 0.3 is 0 Å². The van der Waals surface area contributed by atoms with Crippen LogP contribution >= 0.6 is 11.5 Å². The first kappa shape index (κ1) is 8.43. The summed E-state index contributed by atoms with van der Waals surface area (Å²) in [4.78, 5) is 11.4. The second-order valence-electron chi connectivity index (χ2n) is 3.28. The molecule has 13 heavy (non-hydrogen) atoms. The third kappa shape index (κ3) is 1.62. The Bertz CT molecular complexity index is 337. The zero-order chi connectivity index (χ0) is 9.42. The van der Waals surface area contributed by atoms with Crippen molar-refractivity contribution in [1.29, 1.82) is 0 Å². The lowest BCUT2D eigenvalue weighted by Crippen LogP contribution is -2.27. The van der Waals surface area contributed by atoms with Crippen molar-refractivity contribution >= 4 is 22.4 Å². The van der Waals surface area contributed by atoms with E-state index in [1.807, 2.05) is 0 Å². The van der Waals surface area contributed by atoms with Crippen LogP contribution in [-0.2, 0) is 0 Å². The summed E-state index contributed by atoms with van der Waals surface area (Å²) in [6, 6.07) is 0.300. The molecule has 6 heteroatoms. The summed E-state index contributed by atoms with van der Waals surface area (Å²) < 4.78 is 3.60. The molecule has 1 amide bonds. The number of nitrogens with zero attached hydrogens (tertiary/aromatic N) is 2. The molecule has 2 unspecified atom stereocenters. The Morgan fingerprint density at radius 1 is 1.77 bits per heavy atom. The third-order valence-electron chi connectivity index (χ3n) is 2.15. The molecular formula is C7H10N4OS. The summed E-state index contributed by atoms with van der Waals surface area (Å²) in [6.45, 7) is 2.09. The average molecular weight is 198 g/mol. The normalized spacial score (nSPS) is 25.6. The van der Waals surface area contributed by atoms with E-state index in [0.29, 0.717) is 17.0 Å². The minimum Gasteiger partial charge on any atom is -0.387 e. The van der Waals surface area contributed by atoms with Crippen LogP contribution in [0.3, 0.4) is 0 Å². The summed E-state index contributed by atoms with van der Waals surface area (Å²) >= 11 is 1.04. The number of nitrogen functional groups attached to an aromatic ring is 1. The number of carbonyl (C=O) groups excluding carboxylic acids is 1. The molecule has 1 aromatic rings. The molecule has 0 aliphatic heterocycles. The Hall–Kier alpha value is -1.17. The van der Waals surface area contributed by atoms with Crippen LogP contribution in [0.2, 0.25) is 0 Å². The molecule has 1 aromatic heterocycles. The fourth-order valence-electron chi connectivity index (χ4n) is 1.11. The van der Waals surface area contributed by atoms with Crippen molar-refractivity contribution in [3.05, 3.63) is 5.69 Å². The quantitative estimate of drug-likeness (QED) is 0.714. The van der Waals surface area contributed by atoms with Gasteiger partial charge in [0.2, 0.25) is 0 Å². The summed E-state index contributed by atoms with van der Waals surface area (Å²) in [6.07, 6.45) is 1.04. The molecule has 2 atom stereocenters. The van der Waals surface area contributed by atoms with E-state index >= 15 is 0 Å². The van der Waals surface area contributed by atoms with Gasteiger partial charge in [0, 0.05) is 17.6 Å². The summed E-state index contributed by atoms with van der Waals surface area (Å²) in [5.74, 6) is 0.373. The van der Waals surface area contributed by atoms with Gasteiger partial charge in [-0.15, -0.1) is 5.10 Å². The third-order valence-corrected chi connectivity index (χ3v) is 2.71. The van der Waals surface area contributed by atoms with E-state index in [4.69, 9.17) is 5.73 Å². The zero-order valence-electron chi connectivity index (χ0n) is 7.15. The maximum absolute atomic E-state index is 11.4. The van der Waals surface area contributed by atoms with Gasteiger partial charge in [0.25, 0.3) is 5.91 Å². The van der Waals surface area contributed by atoms with E-state index in [-0.39, 0.29) is 11.6 Å². The molecule has 1 fully saturated rings. The van der Waals surface area contributed by atoms with Crippen molar-refractivity contribution in [2.24, 2.45) is 5.92 Å². The fourth-order valence-corrected chi connectivity index (χ4v) is 1.55. The molecule has 1 saturated carbocycles. The van der Waals surface area contributed by atoms with E-state index in [0.717, 1.165) is 18.0 Å². The van der Waals surface area contributed by atoms with E-state index in [2.05, 4.69) is 21.8 Å². The van der Waals surface area contributed by atoms with Crippen molar-refractivity contribution in [3.63, 3.8) is 0 Å². The molecule has 3 N–H and O–H groups in total. The second-order valence-corrected chi connectivity index (χ2v) is 4.06. The molecule has 0 aromatic carbocycles. The lowest BCUT2D eigenvalue weighted by atomic mass is 10.4. The van der Waals surface area contributed by atoms with E-state index in [1.54, 1.807) is 0 Å². The van der Waals surface area contributed by atoms with Gasteiger partial charge in [0.15, 0.2) is 5.69 Å². The highest BCUT2D eigenvalue weighted by Gasteiger charge is 2.34. The van der Waals surface area contributed by atoms with Gasteiger partial charge in [-0.2, -0.15) is 0 Å². The molecule has 1 aliphatic carbocycles. The lowest BCUT2D eigenvalue weighted by Gasteiger charge is -1.99. The molecule has 5 nitrogen and oxygen atoms in total. The number of aromatic nitrogens is 2. The largest absolute Gasteiger partial charge is 0.387 e. The minimum atomic E-state index is -0.208. The summed E-state index contributed by atoms with van der Waals surface area (Å²) in [7, 11) is 0. The number of hydrogen-bond donors (Lipinski definition) is 2. The van der Waals surface area contributed by atoms with Crippen LogP contribution in [0.5, 0.6) is 0 Å². The van der Waals surface area contributed by atoms with Crippen LogP contribution in [0.15, 0.2) is 0 Å². The fraction of sp³-hybridized carbons (Fsp3) is 0.571. The van der Waals surface area contributed by atoms with Crippen molar-refractivity contribution in [2.75, 3.05) is 5.73 Å². The molecular weight excluding hydrogens is 188 g/mol. The van der Waals surface area contributed by atoms with Gasteiger partial charge in [-0.3, -0.25) is 4.79 Å². The van der Waals surface area contributed by atoms with Crippen molar-refractivity contribution in [3.8, 4) is 0 Å². The molecule has 70 valence electrons. The predicted molar refractivity (Wildman–Crippen MR) is 49.4 cm³/mol. The Morgan fingerprint density at radius 3 is 2.92 bits per heavy atom. The number of rotatable bonds is 2. The molecule has 0 bridgehead atoms. The lowest BCUT2D eigenvalue weighted by molar-refractivity contribution is 0.0945. The standard InChI is InChI=1S/C7H10N4OS/c1-3-2-4(3)9-7(12)5-6(8)13-11-10-5/h3-4H,2,8H2,1H3,(H,9,12). The average Bonchev–Trinajstić information content (AvgIpc) is 2.62. The van der Waals surface area contributed by atoms with Gasteiger partial charge in [0.1, 0.15) is 5.00 Å². The number of nitrogens with two attached hydrogens (primary N) is 1. The smallest absolute Gasteiger partial charge is 0.275 e. The highest BCUT2D eigenvalue weighted by molar-refractivity contribution is 7.10. The van der Waals surface area contributed by atoms with Crippen LogP contribution in [0.4, 0.5) is 5.00 Å². The SMILES string of the molecule is CC1CC1NC(=O)c1nnsc1N. The van der Waals surface area contributed by atoms with Crippen LogP contribution in [-0.4, -0.2) is 21.5 Å². The number of hydrogen-bond acceptors (Lipinski definition) is 5. The molecule has 1 aliphatic rings. The number of nitrogens with one attached hydrogen (secondary N) is 1. The summed E-state index contributed by atoms with van der Waals surface area (Å²) in [5, 5.41) is 6.87. The first-order valence-corrected chi connectivity index (χ1v) is 4.84. The van der Waals surface area contributed by atoms with Gasteiger partial charge in [0.05, 0.1) is 0 Å². The van der Waals surface area contributed by atoms with Crippen LogP contribution in [0, 0.1) is 5.92 Å². The van der Waals surface area contributed by atoms with Crippen molar-refractivity contribution in [1.82, 2.24) is 14.9 Å². The molecule has 0 saturated heterocycles. The van der Waals surface area contributed by atoms with Gasteiger partial charge < -0.3 is 11.1 Å². The number of anilines is 1.